The molecule has 1 amide bonds. The molecule has 0 unspecified atom stereocenters. The Morgan fingerprint density at radius 2 is 2.30 bits per heavy atom. The number of nitrogens with one attached hydrogen (secondary N) is 1. The van der Waals surface area contributed by atoms with Crippen LogP contribution in [0.25, 0.3) is 0 Å². The van der Waals surface area contributed by atoms with Gasteiger partial charge < -0.3 is 16.8 Å². The van der Waals surface area contributed by atoms with Gasteiger partial charge in [-0.25, -0.2) is 0 Å². The monoisotopic (exact) mass is 288 g/mol. The quantitative estimate of drug-likeness (QED) is 0.787. The Morgan fingerprint density at radius 3 is 2.90 bits per heavy atom. The van der Waals surface area contributed by atoms with Gasteiger partial charge in [-0.1, -0.05) is 6.07 Å². The largest absolute Gasteiger partial charge is 0.397 e. The minimum Gasteiger partial charge on any atom is -0.397 e. The van der Waals surface area contributed by atoms with Gasteiger partial charge in [0.25, 0.3) is 5.91 Å². The van der Waals surface area contributed by atoms with Gasteiger partial charge in [-0.15, -0.1) is 11.3 Å². The summed E-state index contributed by atoms with van der Waals surface area (Å²) in [6.45, 7) is 0.658. The molecule has 6 heteroatoms. The lowest BCUT2D eigenvalue weighted by molar-refractivity contribution is 0.100. The second-order valence-electron chi connectivity index (χ2n) is 4.94. The number of amides is 1. The fourth-order valence-corrected chi connectivity index (χ4v) is 3.29. The molecule has 1 saturated carbocycles. The van der Waals surface area contributed by atoms with Crippen molar-refractivity contribution in [1.82, 2.24) is 4.98 Å². The first-order chi connectivity index (χ1) is 9.66. The summed E-state index contributed by atoms with van der Waals surface area (Å²) in [6.07, 6.45) is 5.81. The third-order valence-corrected chi connectivity index (χ3v) is 4.56. The lowest BCUT2D eigenvalue weighted by Crippen LogP contribution is -2.11. The summed E-state index contributed by atoms with van der Waals surface area (Å²) >= 11 is 1.35. The molecule has 0 spiro atoms. The van der Waals surface area contributed by atoms with Gasteiger partial charge in [0.1, 0.15) is 4.88 Å². The van der Waals surface area contributed by atoms with Gasteiger partial charge in [0.05, 0.1) is 10.7 Å². The summed E-state index contributed by atoms with van der Waals surface area (Å²) in [6, 6.07) is 3.90. The third-order valence-electron chi connectivity index (χ3n) is 3.37. The maximum Gasteiger partial charge on any atom is 0.260 e. The van der Waals surface area contributed by atoms with E-state index in [4.69, 9.17) is 11.5 Å². The van der Waals surface area contributed by atoms with E-state index in [-0.39, 0.29) is 0 Å². The van der Waals surface area contributed by atoms with Crippen LogP contribution in [0.3, 0.4) is 0 Å². The van der Waals surface area contributed by atoms with Crippen LogP contribution >= 0.6 is 11.3 Å². The number of anilines is 2. The topological polar surface area (TPSA) is 94.0 Å². The predicted octanol–water partition coefficient (Wildman–Crippen LogP) is 2.31. The number of nitrogens with zero attached hydrogens (tertiary/aromatic N) is 1. The minimum absolute atomic E-state index is 0.455. The smallest absolute Gasteiger partial charge is 0.260 e. The van der Waals surface area contributed by atoms with Crippen molar-refractivity contribution in [2.75, 3.05) is 11.1 Å². The van der Waals surface area contributed by atoms with E-state index in [1.54, 1.807) is 6.20 Å². The van der Waals surface area contributed by atoms with Crippen molar-refractivity contribution >= 4 is 27.9 Å². The van der Waals surface area contributed by atoms with Gasteiger partial charge in [-0.05, 0) is 30.4 Å². The van der Waals surface area contributed by atoms with Crippen LogP contribution in [0.1, 0.15) is 39.6 Å². The van der Waals surface area contributed by atoms with Crippen LogP contribution in [-0.4, -0.2) is 10.9 Å². The zero-order chi connectivity index (χ0) is 14.1. The Labute approximate surface area is 121 Å². The number of nitrogens with two attached hydrogens (primary N) is 2. The highest BCUT2D eigenvalue weighted by molar-refractivity contribution is 7.18. The van der Waals surface area contributed by atoms with Crippen LogP contribution in [0.2, 0.25) is 0 Å². The molecule has 0 aromatic carbocycles. The lowest BCUT2D eigenvalue weighted by atomic mass is 10.1. The fraction of sp³-hybridized carbons (Fsp3) is 0.286. The maximum atomic E-state index is 11.4. The fourth-order valence-electron chi connectivity index (χ4n) is 2.23. The SMILES string of the molecule is NC(=O)c1sc(NCc2cccnc2)c(C2CC2)c1N. The highest BCUT2D eigenvalue weighted by Crippen LogP contribution is 2.50. The number of hydrogen-bond donors (Lipinski definition) is 3. The molecule has 2 aromatic heterocycles. The van der Waals surface area contributed by atoms with Crippen LogP contribution in [-0.2, 0) is 6.54 Å². The predicted molar refractivity (Wildman–Crippen MR) is 80.8 cm³/mol. The molecule has 5 N–H and O–H groups in total. The summed E-state index contributed by atoms with van der Waals surface area (Å²) in [7, 11) is 0. The van der Waals surface area contributed by atoms with E-state index in [1.807, 2.05) is 18.3 Å². The first-order valence-corrected chi connectivity index (χ1v) is 7.33. The van der Waals surface area contributed by atoms with Crippen molar-refractivity contribution in [2.45, 2.75) is 25.3 Å². The molecular formula is C14H16N4OS. The summed E-state index contributed by atoms with van der Waals surface area (Å²) < 4.78 is 0. The van der Waals surface area contributed by atoms with E-state index in [0.29, 0.717) is 23.0 Å². The second kappa shape index (κ2) is 5.13. The molecule has 1 aliphatic carbocycles. The normalized spacial score (nSPS) is 14.2. The molecule has 2 heterocycles. The number of hydrogen-bond acceptors (Lipinski definition) is 5. The number of carbonyl (C=O) groups excluding carboxylic acids is 1. The highest BCUT2D eigenvalue weighted by atomic mass is 32.1. The number of pyridine rings is 1. The van der Waals surface area contributed by atoms with Gasteiger partial charge in [0.2, 0.25) is 0 Å². The number of aromatic nitrogens is 1. The van der Waals surface area contributed by atoms with Crippen molar-refractivity contribution in [2.24, 2.45) is 5.73 Å². The molecule has 5 nitrogen and oxygen atoms in total. The highest BCUT2D eigenvalue weighted by Gasteiger charge is 2.32. The van der Waals surface area contributed by atoms with Crippen LogP contribution in [0.15, 0.2) is 24.5 Å². The number of primary amides is 1. The molecule has 2 aromatic rings. The van der Waals surface area contributed by atoms with Crippen molar-refractivity contribution in [3.8, 4) is 0 Å². The molecule has 0 radical (unpaired) electrons. The molecule has 20 heavy (non-hydrogen) atoms. The molecular weight excluding hydrogens is 272 g/mol. The average molecular weight is 288 g/mol. The third kappa shape index (κ3) is 2.46. The molecule has 0 bridgehead atoms. The Hall–Kier alpha value is -2.08. The molecule has 0 aliphatic heterocycles. The van der Waals surface area contributed by atoms with Crippen molar-refractivity contribution in [3.05, 3.63) is 40.5 Å². The van der Waals surface area contributed by atoms with Crippen LogP contribution < -0.4 is 16.8 Å². The van der Waals surface area contributed by atoms with Crippen molar-refractivity contribution in [1.29, 1.82) is 0 Å². The first kappa shape index (κ1) is 12.9. The van der Waals surface area contributed by atoms with Crippen LogP contribution in [0, 0.1) is 0 Å². The Balaban J connectivity index is 1.85. The standard InChI is InChI=1S/C14H16N4OS/c15-11-10(9-3-4-9)14(20-12(11)13(16)19)18-7-8-2-1-5-17-6-8/h1-2,5-6,9,18H,3-4,7,15H2,(H2,16,19). The summed E-state index contributed by atoms with van der Waals surface area (Å²) in [5, 5.41) is 4.32. The van der Waals surface area contributed by atoms with Gasteiger partial charge in [0, 0.05) is 24.5 Å². The van der Waals surface area contributed by atoms with Gasteiger partial charge in [-0.2, -0.15) is 0 Å². The van der Waals surface area contributed by atoms with Crippen LogP contribution in [0.5, 0.6) is 0 Å². The van der Waals surface area contributed by atoms with E-state index >= 15 is 0 Å². The Kier molecular flexibility index (Phi) is 3.31. The Morgan fingerprint density at radius 1 is 1.50 bits per heavy atom. The van der Waals surface area contributed by atoms with E-state index in [0.717, 1.165) is 29.0 Å². The molecule has 1 fully saturated rings. The van der Waals surface area contributed by atoms with E-state index < -0.39 is 5.91 Å². The number of carbonyl (C=O) groups is 1. The molecule has 104 valence electrons. The van der Waals surface area contributed by atoms with Crippen LogP contribution in [0.4, 0.5) is 10.7 Å². The minimum atomic E-state index is -0.455. The van der Waals surface area contributed by atoms with Gasteiger partial charge >= 0.3 is 0 Å². The lowest BCUT2D eigenvalue weighted by Gasteiger charge is -2.07. The van der Waals surface area contributed by atoms with E-state index in [1.165, 1.54) is 11.3 Å². The molecule has 3 rings (SSSR count). The second-order valence-corrected chi connectivity index (χ2v) is 5.96. The van der Waals surface area contributed by atoms with Gasteiger partial charge in [0.15, 0.2) is 0 Å². The number of thiophene rings is 1. The molecule has 0 saturated heterocycles. The van der Waals surface area contributed by atoms with Crippen molar-refractivity contribution in [3.63, 3.8) is 0 Å². The van der Waals surface area contributed by atoms with E-state index in [9.17, 15) is 4.79 Å². The van der Waals surface area contributed by atoms with Gasteiger partial charge in [-0.3, -0.25) is 9.78 Å². The Bertz CT molecular complexity index is 634. The zero-order valence-electron chi connectivity index (χ0n) is 10.9. The summed E-state index contributed by atoms with van der Waals surface area (Å²) in [5.74, 6) is 0.0135. The maximum absolute atomic E-state index is 11.4. The zero-order valence-corrected chi connectivity index (χ0v) is 11.7. The summed E-state index contributed by atoms with van der Waals surface area (Å²) in [5.41, 5.74) is 14.2. The molecule has 1 aliphatic rings. The average Bonchev–Trinajstić information content (AvgIpc) is 3.21. The van der Waals surface area contributed by atoms with E-state index in [2.05, 4.69) is 10.3 Å². The number of nitrogen functional groups attached to an aromatic ring is 1. The number of rotatable bonds is 5. The summed E-state index contributed by atoms with van der Waals surface area (Å²) in [4.78, 5) is 16.0. The van der Waals surface area contributed by atoms with Crippen molar-refractivity contribution < 1.29 is 4.79 Å². The first-order valence-electron chi connectivity index (χ1n) is 6.51. The molecule has 0 atom stereocenters.